The minimum absolute atomic E-state index is 0.102. The minimum Gasteiger partial charge on any atom is -0.271 e. The number of nitrogens with one attached hydrogen (secondary N) is 1. The Hall–Kier alpha value is -1.14. The number of halogens is 2. The first kappa shape index (κ1) is 15.3. The number of nitrogens with zero attached hydrogens (tertiary/aromatic N) is 3. The summed E-state index contributed by atoms with van der Waals surface area (Å²) in [7, 11) is 0. The van der Waals surface area contributed by atoms with Crippen LogP contribution in [0.3, 0.4) is 0 Å². The van der Waals surface area contributed by atoms with Crippen LogP contribution in [0.15, 0.2) is 18.3 Å². The van der Waals surface area contributed by atoms with Gasteiger partial charge in [0, 0.05) is 19.2 Å². The second-order valence-electron chi connectivity index (χ2n) is 4.50. The topological polar surface area (TPSA) is 68.8 Å². The van der Waals surface area contributed by atoms with Gasteiger partial charge in [0.05, 0.1) is 22.5 Å². The molecule has 0 aliphatic rings. The van der Waals surface area contributed by atoms with Crippen LogP contribution in [0.4, 0.5) is 0 Å². The van der Waals surface area contributed by atoms with Gasteiger partial charge in [-0.25, -0.2) is 4.98 Å². The standard InChI is InChI=1S/C13H17Cl2N5/c1-3-20-11(13(15)8(2)19-20)7-10(18-16)9-4-5-17-12(14)6-9/h4-6,10,18H,3,7,16H2,1-2H3. The van der Waals surface area contributed by atoms with Crippen LogP contribution in [-0.4, -0.2) is 14.8 Å². The van der Waals surface area contributed by atoms with Gasteiger partial charge in [0.2, 0.25) is 0 Å². The molecule has 0 aliphatic heterocycles. The number of nitrogens with two attached hydrogens (primary N) is 1. The van der Waals surface area contributed by atoms with Crippen LogP contribution in [0, 0.1) is 6.92 Å². The highest BCUT2D eigenvalue weighted by Gasteiger charge is 2.18. The Labute approximate surface area is 128 Å². The van der Waals surface area contributed by atoms with E-state index in [1.165, 1.54) is 0 Å². The van der Waals surface area contributed by atoms with Crippen LogP contribution >= 0.6 is 23.2 Å². The predicted octanol–water partition coefficient (Wildman–Crippen LogP) is 2.66. The molecule has 0 amide bonds. The van der Waals surface area contributed by atoms with E-state index in [1.54, 1.807) is 12.3 Å². The predicted molar refractivity (Wildman–Crippen MR) is 80.7 cm³/mol. The lowest BCUT2D eigenvalue weighted by Gasteiger charge is -2.17. The van der Waals surface area contributed by atoms with E-state index in [2.05, 4.69) is 15.5 Å². The molecule has 2 rings (SSSR count). The lowest BCUT2D eigenvalue weighted by Crippen LogP contribution is -2.30. The van der Waals surface area contributed by atoms with Gasteiger partial charge in [-0.1, -0.05) is 23.2 Å². The normalized spacial score (nSPS) is 12.7. The third-order valence-corrected chi connectivity index (χ3v) is 3.90. The van der Waals surface area contributed by atoms with Crippen LogP contribution in [0.25, 0.3) is 0 Å². The van der Waals surface area contributed by atoms with Gasteiger partial charge in [0.15, 0.2) is 0 Å². The highest BCUT2D eigenvalue weighted by atomic mass is 35.5. The number of aromatic nitrogens is 3. The van der Waals surface area contributed by atoms with E-state index in [0.717, 1.165) is 23.5 Å². The maximum Gasteiger partial charge on any atom is 0.129 e. The second kappa shape index (κ2) is 6.54. The van der Waals surface area contributed by atoms with Crippen LogP contribution in [0.1, 0.15) is 29.9 Å². The fourth-order valence-corrected chi connectivity index (χ4v) is 2.56. The maximum absolute atomic E-state index is 6.32. The van der Waals surface area contributed by atoms with E-state index in [4.69, 9.17) is 29.0 Å². The molecular weight excluding hydrogens is 297 g/mol. The van der Waals surface area contributed by atoms with Crippen LogP contribution < -0.4 is 11.3 Å². The van der Waals surface area contributed by atoms with E-state index in [1.807, 2.05) is 24.6 Å². The van der Waals surface area contributed by atoms with Crippen molar-refractivity contribution >= 4 is 23.2 Å². The van der Waals surface area contributed by atoms with E-state index >= 15 is 0 Å². The summed E-state index contributed by atoms with van der Waals surface area (Å²) >= 11 is 12.2. The molecule has 108 valence electrons. The third kappa shape index (κ3) is 3.12. The van der Waals surface area contributed by atoms with Crippen molar-refractivity contribution < 1.29 is 0 Å². The molecule has 20 heavy (non-hydrogen) atoms. The smallest absolute Gasteiger partial charge is 0.129 e. The number of hydrazine groups is 1. The first-order chi connectivity index (χ1) is 9.56. The quantitative estimate of drug-likeness (QED) is 0.506. The Balaban J connectivity index is 2.31. The van der Waals surface area contributed by atoms with Gasteiger partial charge in [0.1, 0.15) is 5.15 Å². The molecule has 0 saturated carbocycles. The first-order valence-corrected chi connectivity index (χ1v) is 7.11. The molecule has 2 aromatic rings. The fraction of sp³-hybridized carbons (Fsp3) is 0.385. The molecule has 2 heterocycles. The molecule has 0 aromatic carbocycles. The van der Waals surface area contributed by atoms with Crippen molar-refractivity contribution in [2.75, 3.05) is 0 Å². The van der Waals surface area contributed by atoms with Gasteiger partial charge in [-0.3, -0.25) is 16.0 Å². The molecule has 2 aromatic heterocycles. The van der Waals surface area contributed by atoms with Gasteiger partial charge >= 0.3 is 0 Å². The second-order valence-corrected chi connectivity index (χ2v) is 5.26. The van der Waals surface area contributed by atoms with Crippen molar-refractivity contribution in [2.45, 2.75) is 32.9 Å². The fourth-order valence-electron chi connectivity index (χ4n) is 2.16. The number of pyridine rings is 1. The summed E-state index contributed by atoms with van der Waals surface area (Å²) in [6, 6.07) is 3.57. The average molecular weight is 314 g/mol. The summed E-state index contributed by atoms with van der Waals surface area (Å²) in [6.45, 7) is 4.68. The van der Waals surface area contributed by atoms with Gasteiger partial charge < -0.3 is 0 Å². The molecule has 0 aliphatic carbocycles. The van der Waals surface area contributed by atoms with Crippen LogP contribution in [-0.2, 0) is 13.0 Å². The van der Waals surface area contributed by atoms with Crippen molar-refractivity contribution in [3.8, 4) is 0 Å². The largest absolute Gasteiger partial charge is 0.271 e. The molecule has 5 nitrogen and oxygen atoms in total. The number of hydrogen-bond donors (Lipinski definition) is 2. The molecule has 0 radical (unpaired) electrons. The molecule has 1 unspecified atom stereocenters. The summed E-state index contributed by atoms with van der Waals surface area (Å²) in [5.74, 6) is 5.66. The van der Waals surface area contributed by atoms with Gasteiger partial charge in [-0.2, -0.15) is 5.10 Å². The summed E-state index contributed by atoms with van der Waals surface area (Å²) in [4.78, 5) is 3.97. The van der Waals surface area contributed by atoms with Crippen LogP contribution in [0.2, 0.25) is 10.2 Å². The van der Waals surface area contributed by atoms with Gasteiger partial charge in [-0.05, 0) is 31.5 Å². The van der Waals surface area contributed by atoms with Crippen molar-refractivity contribution in [2.24, 2.45) is 5.84 Å². The molecule has 1 atom stereocenters. The zero-order valence-electron chi connectivity index (χ0n) is 11.4. The zero-order chi connectivity index (χ0) is 14.7. The van der Waals surface area contributed by atoms with Crippen molar-refractivity contribution in [3.63, 3.8) is 0 Å². The highest BCUT2D eigenvalue weighted by Crippen LogP contribution is 2.26. The molecule has 0 fully saturated rings. The summed E-state index contributed by atoms with van der Waals surface area (Å²) in [5.41, 5.74) is 5.55. The van der Waals surface area contributed by atoms with Crippen LogP contribution in [0.5, 0.6) is 0 Å². The molecule has 3 N–H and O–H groups in total. The Morgan fingerprint density at radius 2 is 2.20 bits per heavy atom. The highest BCUT2D eigenvalue weighted by molar-refractivity contribution is 6.31. The Kier molecular flexibility index (Phi) is 4.99. The third-order valence-electron chi connectivity index (χ3n) is 3.20. The molecular formula is C13H17Cl2N5. The van der Waals surface area contributed by atoms with Crippen molar-refractivity contribution in [1.82, 2.24) is 20.2 Å². The minimum atomic E-state index is -0.102. The summed E-state index contributed by atoms with van der Waals surface area (Å²) in [5, 5.41) is 5.53. The SMILES string of the molecule is CCn1nc(C)c(Cl)c1CC(NN)c1ccnc(Cl)c1. The van der Waals surface area contributed by atoms with E-state index in [0.29, 0.717) is 16.6 Å². The Bertz CT molecular complexity index is 596. The zero-order valence-corrected chi connectivity index (χ0v) is 12.9. The molecule has 7 heteroatoms. The molecule has 0 saturated heterocycles. The van der Waals surface area contributed by atoms with Crippen molar-refractivity contribution in [1.29, 1.82) is 0 Å². The lowest BCUT2D eigenvalue weighted by atomic mass is 10.0. The monoisotopic (exact) mass is 313 g/mol. The van der Waals surface area contributed by atoms with Gasteiger partial charge in [0.25, 0.3) is 0 Å². The van der Waals surface area contributed by atoms with E-state index in [9.17, 15) is 0 Å². The Morgan fingerprint density at radius 3 is 2.80 bits per heavy atom. The molecule has 0 bridgehead atoms. The number of rotatable bonds is 5. The first-order valence-electron chi connectivity index (χ1n) is 6.36. The van der Waals surface area contributed by atoms with Crippen molar-refractivity contribution in [3.05, 3.63) is 45.5 Å². The van der Waals surface area contributed by atoms with Gasteiger partial charge in [-0.15, -0.1) is 0 Å². The lowest BCUT2D eigenvalue weighted by molar-refractivity contribution is 0.516. The summed E-state index contributed by atoms with van der Waals surface area (Å²) < 4.78 is 1.89. The average Bonchev–Trinajstić information content (AvgIpc) is 2.71. The number of hydrogen-bond acceptors (Lipinski definition) is 4. The van der Waals surface area contributed by atoms with E-state index < -0.39 is 0 Å². The molecule has 0 spiro atoms. The maximum atomic E-state index is 6.32. The summed E-state index contributed by atoms with van der Waals surface area (Å²) in [6.07, 6.45) is 2.29. The number of aryl methyl sites for hydroxylation is 2. The Morgan fingerprint density at radius 1 is 1.45 bits per heavy atom. The van der Waals surface area contributed by atoms with E-state index in [-0.39, 0.29) is 6.04 Å².